The van der Waals surface area contributed by atoms with Gasteiger partial charge in [0.2, 0.25) is 0 Å². The molecule has 0 aliphatic heterocycles. The fraction of sp³-hybridized carbons (Fsp3) is 0.533. The van der Waals surface area contributed by atoms with Gasteiger partial charge in [0.15, 0.2) is 0 Å². The highest BCUT2D eigenvalue weighted by Gasteiger charge is 2.40. The molecular formula is C15H19ClN2. The van der Waals surface area contributed by atoms with E-state index in [0.717, 1.165) is 30.0 Å². The molecular weight excluding hydrogens is 244 g/mol. The zero-order valence-electron chi connectivity index (χ0n) is 11.0. The van der Waals surface area contributed by atoms with Crippen molar-refractivity contribution in [2.24, 2.45) is 5.41 Å². The van der Waals surface area contributed by atoms with Crippen molar-refractivity contribution in [3.05, 3.63) is 29.3 Å². The molecule has 1 aliphatic rings. The van der Waals surface area contributed by atoms with E-state index in [4.69, 9.17) is 11.6 Å². The Bertz CT molecular complexity index is 458. The predicted octanol–water partition coefficient (Wildman–Crippen LogP) is 4.61. The third-order valence-electron chi connectivity index (χ3n) is 3.68. The van der Waals surface area contributed by atoms with E-state index in [2.05, 4.69) is 25.2 Å². The van der Waals surface area contributed by atoms with Crippen LogP contribution < -0.4 is 5.32 Å². The topological polar surface area (TPSA) is 35.8 Å². The summed E-state index contributed by atoms with van der Waals surface area (Å²) < 4.78 is 0. The molecule has 2 rings (SSSR count). The molecule has 0 amide bonds. The van der Waals surface area contributed by atoms with Crippen LogP contribution in [0.2, 0.25) is 5.02 Å². The van der Waals surface area contributed by atoms with Crippen LogP contribution in [0.25, 0.3) is 0 Å². The first kappa shape index (κ1) is 13.2. The highest BCUT2D eigenvalue weighted by atomic mass is 35.5. The van der Waals surface area contributed by atoms with Crippen LogP contribution in [0.15, 0.2) is 24.3 Å². The molecule has 0 heterocycles. The summed E-state index contributed by atoms with van der Waals surface area (Å²) >= 11 is 5.88. The summed E-state index contributed by atoms with van der Waals surface area (Å²) in [6, 6.07) is 10.1. The van der Waals surface area contributed by atoms with E-state index in [1.54, 1.807) is 0 Å². The van der Waals surface area contributed by atoms with Gasteiger partial charge in [-0.05, 0) is 55.4 Å². The molecule has 1 N–H and O–H groups in total. The number of anilines is 1. The number of hydrogen-bond donors (Lipinski definition) is 1. The highest BCUT2D eigenvalue weighted by Crippen LogP contribution is 2.42. The van der Waals surface area contributed by atoms with E-state index in [9.17, 15) is 5.26 Å². The number of halogens is 1. The second-order valence-electron chi connectivity index (χ2n) is 6.02. The molecule has 1 aliphatic carbocycles. The maximum Gasteiger partial charge on any atom is 0.125 e. The monoisotopic (exact) mass is 262 g/mol. The van der Waals surface area contributed by atoms with Gasteiger partial charge >= 0.3 is 0 Å². The average Bonchev–Trinajstić information content (AvgIpc) is 2.31. The maximum absolute atomic E-state index is 9.55. The van der Waals surface area contributed by atoms with E-state index < -0.39 is 5.54 Å². The SMILES string of the molecule is CC1(C)CCCC(C#N)(Nc2ccc(Cl)cc2)C1. The van der Waals surface area contributed by atoms with Crippen molar-refractivity contribution in [2.75, 3.05) is 5.32 Å². The second kappa shape index (κ2) is 4.82. The third kappa shape index (κ3) is 2.97. The first-order chi connectivity index (χ1) is 8.45. The molecule has 0 aromatic heterocycles. The molecule has 0 bridgehead atoms. The molecule has 1 fully saturated rings. The molecule has 1 aromatic carbocycles. The molecule has 1 unspecified atom stereocenters. The molecule has 3 heteroatoms. The van der Waals surface area contributed by atoms with Crippen LogP contribution >= 0.6 is 11.6 Å². The molecule has 0 radical (unpaired) electrons. The zero-order chi connectivity index (χ0) is 13.2. The molecule has 96 valence electrons. The van der Waals surface area contributed by atoms with Crippen molar-refractivity contribution < 1.29 is 0 Å². The van der Waals surface area contributed by atoms with Gasteiger partial charge in [-0.25, -0.2) is 0 Å². The van der Waals surface area contributed by atoms with Crippen molar-refractivity contribution in [1.29, 1.82) is 5.26 Å². The number of rotatable bonds is 2. The Morgan fingerprint density at radius 2 is 1.89 bits per heavy atom. The Morgan fingerprint density at radius 3 is 2.44 bits per heavy atom. The number of hydrogen-bond acceptors (Lipinski definition) is 2. The molecule has 18 heavy (non-hydrogen) atoms. The minimum atomic E-state index is -0.435. The first-order valence-electron chi connectivity index (χ1n) is 6.40. The Morgan fingerprint density at radius 1 is 1.22 bits per heavy atom. The smallest absolute Gasteiger partial charge is 0.125 e. The van der Waals surface area contributed by atoms with E-state index in [-0.39, 0.29) is 5.41 Å². The van der Waals surface area contributed by atoms with Gasteiger partial charge in [-0.1, -0.05) is 25.4 Å². The number of nitrogens with one attached hydrogen (secondary N) is 1. The largest absolute Gasteiger partial charge is 0.367 e. The van der Waals surface area contributed by atoms with Gasteiger partial charge in [-0.3, -0.25) is 0 Å². The van der Waals surface area contributed by atoms with Gasteiger partial charge in [-0.2, -0.15) is 5.26 Å². The summed E-state index contributed by atoms with van der Waals surface area (Å²) in [6.45, 7) is 4.48. The minimum absolute atomic E-state index is 0.230. The lowest BCUT2D eigenvalue weighted by Crippen LogP contribution is -2.44. The van der Waals surface area contributed by atoms with E-state index in [0.29, 0.717) is 0 Å². The summed E-state index contributed by atoms with van der Waals surface area (Å²) in [5.41, 5.74) is 0.766. The van der Waals surface area contributed by atoms with Gasteiger partial charge in [0.1, 0.15) is 5.54 Å². The van der Waals surface area contributed by atoms with Gasteiger partial charge < -0.3 is 5.32 Å². The Kier molecular flexibility index (Phi) is 3.54. The number of nitriles is 1. The van der Waals surface area contributed by atoms with Crippen molar-refractivity contribution in [3.63, 3.8) is 0 Å². The summed E-state index contributed by atoms with van der Waals surface area (Å²) in [6.07, 6.45) is 4.09. The first-order valence-corrected chi connectivity index (χ1v) is 6.78. The fourth-order valence-corrected chi connectivity index (χ4v) is 3.03. The fourth-order valence-electron chi connectivity index (χ4n) is 2.90. The molecule has 1 saturated carbocycles. The quantitative estimate of drug-likeness (QED) is 0.845. The molecule has 1 aromatic rings. The second-order valence-corrected chi connectivity index (χ2v) is 6.46. The lowest BCUT2D eigenvalue weighted by atomic mass is 9.68. The van der Waals surface area contributed by atoms with Crippen LogP contribution in [0.1, 0.15) is 39.5 Å². The highest BCUT2D eigenvalue weighted by molar-refractivity contribution is 6.30. The lowest BCUT2D eigenvalue weighted by molar-refractivity contribution is 0.197. The van der Waals surface area contributed by atoms with Crippen LogP contribution in [-0.4, -0.2) is 5.54 Å². The van der Waals surface area contributed by atoms with Crippen molar-refractivity contribution in [3.8, 4) is 6.07 Å². The van der Waals surface area contributed by atoms with E-state index >= 15 is 0 Å². The van der Waals surface area contributed by atoms with Crippen molar-refractivity contribution in [2.45, 2.75) is 45.1 Å². The van der Waals surface area contributed by atoms with Crippen LogP contribution in [0.5, 0.6) is 0 Å². The predicted molar refractivity (Wildman–Crippen MR) is 75.7 cm³/mol. The van der Waals surface area contributed by atoms with Gasteiger partial charge in [0.25, 0.3) is 0 Å². The van der Waals surface area contributed by atoms with E-state index in [1.807, 2.05) is 24.3 Å². The Hall–Kier alpha value is -1.20. The summed E-state index contributed by atoms with van der Waals surface area (Å²) in [5, 5.41) is 13.7. The normalized spacial score (nSPS) is 26.3. The van der Waals surface area contributed by atoms with E-state index in [1.165, 1.54) is 6.42 Å². The molecule has 0 saturated heterocycles. The van der Waals surface area contributed by atoms with Gasteiger partial charge in [-0.15, -0.1) is 0 Å². The molecule has 1 atom stereocenters. The average molecular weight is 263 g/mol. The van der Waals surface area contributed by atoms with Crippen molar-refractivity contribution >= 4 is 17.3 Å². The van der Waals surface area contributed by atoms with Crippen LogP contribution in [0.3, 0.4) is 0 Å². The minimum Gasteiger partial charge on any atom is -0.367 e. The van der Waals surface area contributed by atoms with Crippen LogP contribution in [-0.2, 0) is 0 Å². The molecule has 0 spiro atoms. The standard InChI is InChI=1S/C15H19ClN2/c1-14(2)8-3-9-15(10-14,11-17)18-13-6-4-12(16)5-7-13/h4-7,18H,3,8-10H2,1-2H3. The third-order valence-corrected chi connectivity index (χ3v) is 3.93. The summed E-state index contributed by atoms with van der Waals surface area (Å²) in [4.78, 5) is 0. The maximum atomic E-state index is 9.55. The summed E-state index contributed by atoms with van der Waals surface area (Å²) in [5.74, 6) is 0. The lowest BCUT2D eigenvalue weighted by Gasteiger charge is -2.41. The summed E-state index contributed by atoms with van der Waals surface area (Å²) in [7, 11) is 0. The Balaban J connectivity index is 2.18. The van der Waals surface area contributed by atoms with Crippen LogP contribution in [0.4, 0.5) is 5.69 Å². The van der Waals surface area contributed by atoms with Crippen molar-refractivity contribution in [1.82, 2.24) is 0 Å². The van der Waals surface area contributed by atoms with Crippen LogP contribution in [0, 0.1) is 16.7 Å². The zero-order valence-corrected chi connectivity index (χ0v) is 11.7. The molecule has 2 nitrogen and oxygen atoms in total. The number of benzene rings is 1. The Labute approximate surface area is 114 Å². The number of nitrogens with zero attached hydrogens (tertiary/aromatic N) is 1. The van der Waals surface area contributed by atoms with Gasteiger partial charge in [0.05, 0.1) is 6.07 Å². The van der Waals surface area contributed by atoms with Gasteiger partial charge in [0, 0.05) is 10.7 Å².